The van der Waals surface area contributed by atoms with Crippen LogP contribution in [0.3, 0.4) is 0 Å². The summed E-state index contributed by atoms with van der Waals surface area (Å²) in [4.78, 5) is 10.7. The molecule has 0 amide bonds. The SMILES string of the molecule is O=C(O)OC(c1ccccc1)c1ccccc1. The summed E-state index contributed by atoms with van der Waals surface area (Å²) in [5.41, 5.74) is 1.64. The third-order valence-corrected chi connectivity index (χ3v) is 2.42. The third kappa shape index (κ3) is 2.84. The number of benzene rings is 2. The van der Waals surface area contributed by atoms with E-state index in [2.05, 4.69) is 0 Å². The Balaban J connectivity index is 2.36. The van der Waals surface area contributed by atoms with E-state index >= 15 is 0 Å². The van der Waals surface area contributed by atoms with E-state index in [0.717, 1.165) is 11.1 Å². The zero-order valence-corrected chi connectivity index (χ0v) is 9.11. The molecule has 3 nitrogen and oxygen atoms in total. The van der Waals surface area contributed by atoms with E-state index in [1.807, 2.05) is 60.7 Å². The minimum Gasteiger partial charge on any atom is -0.450 e. The molecule has 0 aliphatic rings. The first-order valence-corrected chi connectivity index (χ1v) is 5.27. The maximum atomic E-state index is 10.7. The fourth-order valence-electron chi connectivity index (χ4n) is 1.69. The molecule has 0 aliphatic heterocycles. The number of ether oxygens (including phenoxy) is 1. The lowest BCUT2D eigenvalue weighted by Crippen LogP contribution is -2.10. The van der Waals surface area contributed by atoms with Gasteiger partial charge in [0, 0.05) is 0 Å². The van der Waals surface area contributed by atoms with Crippen LogP contribution in [-0.4, -0.2) is 11.3 Å². The van der Waals surface area contributed by atoms with Gasteiger partial charge in [0.1, 0.15) is 0 Å². The monoisotopic (exact) mass is 228 g/mol. The molecule has 17 heavy (non-hydrogen) atoms. The molecule has 0 fully saturated rings. The summed E-state index contributed by atoms with van der Waals surface area (Å²) in [6.07, 6.45) is -1.85. The van der Waals surface area contributed by atoms with Crippen LogP contribution in [0, 0.1) is 0 Å². The Kier molecular flexibility index (Phi) is 3.40. The lowest BCUT2D eigenvalue weighted by Gasteiger charge is -2.16. The Labute approximate surface area is 99.3 Å². The predicted octanol–water partition coefficient (Wildman–Crippen LogP) is 3.47. The van der Waals surface area contributed by atoms with Crippen molar-refractivity contribution in [1.82, 2.24) is 0 Å². The van der Waals surface area contributed by atoms with Gasteiger partial charge in [-0.2, -0.15) is 0 Å². The van der Waals surface area contributed by atoms with Crippen LogP contribution in [0.5, 0.6) is 0 Å². The Hall–Kier alpha value is -2.29. The standard InChI is InChI=1S/C14H12O3/c15-14(16)17-13(11-7-3-1-4-8-11)12-9-5-2-6-10-12/h1-10,13H,(H,15,16). The Morgan fingerprint density at radius 1 is 0.882 bits per heavy atom. The minimum atomic E-state index is -1.28. The molecule has 0 bridgehead atoms. The summed E-state index contributed by atoms with van der Waals surface area (Å²) in [7, 11) is 0. The number of carboxylic acid groups (broad SMARTS) is 1. The van der Waals surface area contributed by atoms with Gasteiger partial charge in [-0.05, 0) is 11.1 Å². The predicted molar refractivity (Wildman–Crippen MR) is 63.8 cm³/mol. The molecule has 0 heterocycles. The highest BCUT2D eigenvalue weighted by molar-refractivity contribution is 5.58. The van der Waals surface area contributed by atoms with E-state index < -0.39 is 12.3 Å². The van der Waals surface area contributed by atoms with E-state index in [9.17, 15) is 4.79 Å². The number of hydrogen-bond donors (Lipinski definition) is 1. The van der Waals surface area contributed by atoms with Crippen molar-refractivity contribution < 1.29 is 14.6 Å². The fraction of sp³-hybridized carbons (Fsp3) is 0.0714. The van der Waals surface area contributed by atoms with Crippen LogP contribution in [0.15, 0.2) is 60.7 Å². The molecule has 0 saturated heterocycles. The van der Waals surface area contributed by atoms with Gasteiger partial charge in [0.05, 0.1) is 0 Å². The van der Waals surface area contributed by atoms with Crippen LogP contribution >= 0.6 is 0 Å². The first kappa shape index (κ1) is 11.2. The smallest absolute Gasteiger partial charge is 0.450 e. The number of rotatable bonds is 3. The van der Waals surface area contributed by atoms with Crippen molar-refractivity contribution in [2.45, 2.75) is 6.10 Å². The lowest BCUT2D eigenvalue weighted by atomic mass is 10.0. The number of carbonyl (C=O) groups is 1. The second-order valence-corrected chi connectivity index (χ2v) is 3.59. The molecule has 3 heteroatoms. The molecule has 2 rings (SSSR count). The van der Waals surface area contributed by atoms with Crippen molar-refractivity contribution in [3.8, 4) is 0 Å². The van der Waals surface area contributed by atoms with Gasteiger partial charge in [0.15, 0.2) is 6.10 Å². The van der Waals surface area contributed by atoms with E-state index in [1.54, 1.807) is 0 Å². The second-order valence-electron chi connectivity index (χ2n) is 3.59. The van der Waals surface area contributed by atoms with Gasteiger partial charge in [-0.25, -0.2) is 4.79 Å². The molecule has 2 aromatic carbocycles. The summed E-state index contributed by atoms with van der Waals surface area (Å²) < 4.78 is 4.94. The largest absolute Gasteiger partial charge is 0.506 e. The van der Waals surface area contributed by atoms with Crippen molar-refractivity contribution in [3.05, 3.63) is 71.8 Å². The van der Waals surface area contributed by atoms with E-state index in [0.29, 0.717) is 0 Å². The molecule has 0 radical (unpaired) electrons. The molecule has 86 valence electrons. The summed E-state index contributed by atoms with van der Waals surface area (Å²) in [6.45, 7) is 0. The average molecular weight is 228 g/mol. The van der Waals surface area contributed by atoms with E-state index in [4.69, 9.17) is 9.84 Å². The minimum absolute atomic E-state index is 0.574. The van der Waals surface area contributed by atoms with Gasteiger partial charge < -0.3 is 9.84 Å². The van der Waals surface area contributed by atoms with Crippen LogP contribution in [0.25, 0.3) is 0 Å². The van der Waals surface area contributed by atoms with Crippen LogP contribution in [-0.2, 0) is 4.74 Å². The van der Waals surface area contributed by atoms with Crippen LogP contribution in [0.1, 0.15) is 17.2 Å². The zero-order valence-electron chi connectivity index (χ0n) is 9.11. The maximum Gasteiger partial charge on any atom is 0.506 e. The van der Waals surface area contributed by atoms with Crippen LogP contribution in [0.4, 0.5) is 4.79 Å². The van der Waals surface area contributed by atoms with E-state index in [-0.39, 0.29) is 0 Å². The molecule has 0 saturated carbocycles. The second kappa shape index (κ2) is 5.16. The molecule has 0 aromatic heterocycles. The zero-order chi connectivity index (χ0) is 12.1. The molecule has 0 aliphatic carbocycles. The normalized spacial score (nSPS) is 10.2. The van der Waals surface area contributed by atoms with Gasteiger partial charge in [-0.1, -0.05) is 60.7 Å². The highest BCUT2D eigenvalue weighted by Gasteiger charge is 2.17. The molecular formula is C14H12O3. The number of hydrogen-bond acceptors (Lipinski definition) is 2. The first-order valence-electron chi connectivity index (χ1n) is 5.27. The molecule has 0 atom stereocenters. The van der Waals surface area contributed by atoms with E-state index in [1.165, 1.54) is 0 Å². The van der Waals surface area contributed by atoms with Gasteiger partial charge in [0.2, 0.25) is 0 Å². The van der Waals surface area contributed by atoms with Crippen molar-refractivity contribution in [3.63, 3.8) is 0 Å². The topological polar surface area (TPSA) is 46.5 Å². The van der Waals surface area contributed by atoms with Crippen molar-refractivity contribution in [2.24, 2.45) is 0 Å². The van der Waals surface area contributed by atoms with Crippen molar-refractivity contribution in [1.29, 1.82) is 0 Å². The van der Waals surface area contributed by atoms with Crippen molar-refractivity contribution >= 4 is 6.16 Å². The van der Waals surface area contributed by atoms with Gasteiger partial charge in [0.25, 0.3) is 0 Å². The molecule has 0 spiro atoms. The van der Waals surface area contributed by atoms with Crippen LogP contribution in [0.2, 0.25) is 0 Å². The van der Waals surface area contributed by atoms with Crippen molar-refractivity contribution in [2.75, 3.05) is 0 Å². The summed E-state index contributed by atoms with van der Waals surface area (Å²) in [6, 6.07) is 18.6. The third-order valence-electron chi connectivity index (χ3n) is 2.42. The highest BCUT2D eigenvalue weighted by atomic mass is 16.7. The molecular weight excluding hydrogens is 216 g/mol. The van der Waals surface area contributed by atoms with Gasteiger partial charge in [-0.15, -0.1) is 0 Å². The highest BCUT2D eigenvalue weighted by Crippen LogP contribution is 2.25. The molecule has 1 N–H and O–H groups in total. The maximum absolute atomic E-state index is 10.7. The first-order chi connectivity index (χ1) is 8.27. The Morgan fingerprint density at radius 3 is 1.65 bits per heavy atom. The molecule has 0 unspecified atom stereocenters. The summed E-state index contributed by atoms with van der Waals surface area (Å²) in [5.74, 6) is 0. The van der Waals surface area contributed by atoms with Crippen LogP contribution < -0.4 is 0 Å². The average Bonchev–Trinajstić information content (AvgIpc) is 2.38. The Bertz CT molecular complexity index is 440. The quantitative estimate of drug-likeness (QED) is 0.818. The summed E-state index contributed by atoms with van der Waals surface area (Å²) >= 11 is 0. The Morgan fingerprint density at radius 2 is 1.29 bits per heavy atom. The fourth-order valence-corrected chi connectivity index (χ4v) is 1.69. The van der Waals surface area contributed by atoms with Gasteiger partial charge >= 0.3 is 6.16 Å². The lowest BCUT2D eigenvalue weighted by molar-refractivity contribution is 0.0663. The summed E-state index contributed by atoms with van der Waals surface area (Å²) in [5, 5.41) is 8.78. The van der Waals surface area contributed by atoms with Gasteiger partial charge in [-0.3, -0.25) is 0 Å². The molecule has 2 aromatic rings.